The molecule has 0 aromatic carbocycles. The molecule has 1 fully saturated rings. The fourth-order valence-corrected chi connectivity index (χ4v) is 1.63. The van der Waals surface area contributed by atoms with Crippen LogP contribution in [0.2, 0.25) is 0 Å². The van der Waals surface area contributed by atoms with E-state index in [1.54, 1.807) is 18.4 Å². The molecule has 4 heteroatoms. The summed E-state index contributed by atoms with van der Waals surface area (Å²) in [6, 6.07) is 3.54. The maximum atomic E-state index is 9.36. The third-order valence-electron chi connectivity index (χ3n) is 2.32. The zero-order valence-electron chi connectivity index (χ0n) is 8.32. The Kier molecular flexibility index (Phi) is 2.14. The quantitative estimate of drug-likeness (QED) is 0.777. The molecule has 0 bridgehead atoms. The molecule has 1 aliphatic rings. The number of aliphatic hydroxyl groups excluding tert-OH is 1. The van der Waals surface area contributed by atoms with Crippen molar-refractivity contribution in [3.63, 3.8) is 0 Å². The lowest BCUT2D eigenvalue weighted by molar-refractivity contribution is -0.176. The van der Waals surface area contributed by atoms with E-state index in [2.05, 4.69) is 0 Å². The Balaban J connectivity index is 2.29. The van der Waals surface area contributed by atoms with Crippen molar-refractivity contribution < 1.29 is 19.0 Å². The number of ether oxygens (including phenoxy) is 2. The normalized spacial score (nSPS) is 30.8. The lowest BCUT2D eigenvalue weighted by Gasteiger charge is -2.24. The molecule has 0 spiro atoms. The minimum absolute atomic E-state index is 0.149. The highest BCUT2D eigenvalue weighted by molar-refractivity contribution is 5.12. The average molecular weight is 198 g/mol. The average Bonchev–Trinajstić information content (AvgIpc) is 2.72. The lowest BCUT2D eigenvalue weighted by Crippen LogP contribution is -2.34. The van der Waals surface area contributed by atoms with E-state index in [1.807, 2.05) is 13.8 Å². The number of rotatable bonds is 2. The zero-order chi connectivity index (χ0) is 10.2. The van der Waals surface area contributed by atoms with E-state index in [9.17, 15) is 5.11 Å². The first kappa shape index (κ1) is 9.71. The second kappa shape index (κ2) is 3.08. The molecule has 4 nitrogen and oxygen atoms in total. The van der Waals surface area contributed by atoms with E-state index in [0.717, 1.165) is 0 Å². The molecule has 2 heterocycles. The molecule has 0 saturated carbocycles. The lowest BCUT2D eigenvalue weighted by atomic mass is 10.0. The monoisotopic (exact) mass is 198 g/mol. The highest BCUT2D eigenvalue weighted by Crippen LogP contribution is 2.38. The van der Waals surface area contributed by atoms with Gasteiger partial charge in [-0.3, -0.25) is 0 Å². The number of aliphatic hydroxyl groups is 1. The topological polar surface area (TPSA) is 51.8 Å². The first-order chi connectivity index (χ1) is 6.58. The summed E-state index contributed by atoms with van der Waals surface area (Å²) < 4.78 is 16.3. The van der Waals surface area contributed by atoms with E-state index in [4.69, 9.17) is 13.9 Å². The third kappa shape index (κ3) is 1.45. The predicted molar refractivity (Wildman–Crippen MR) is 48.6 cm³/mol. The summed E-state index contributed by atoms with van der Waals surface area (Å²) in [5, 5.41) is 9.36. The van der Waals surface area contributed by atoms with Crippen LogP contribution < -0.4 is 0 Å². The van der Waals surface area contributed by atoms with E-state index in [1.165, 1.54) is 0 Å². The van der Waals surface area contributed by atoms with Crippen molar-refractivity contribution in [1.82, 2.24) is 0 Å². The van der Waals surface area contributed by atoms with Gasteiger partial charge >= 0.3 is 0 Å². The third-order valence-corrected chi connectivity index (χ3v) is 2.32. The van der Waals surface area contributed by atoms with Crippen LogP contribution in [0, 0.1) is 0 Å². The summed E-state index contributed by atoms with van der Waals surface area (Å²) in [6.07, 6.45) is 1.56. The highest BCUT2D eigenvalue weighted by Gasteiger charge is 2.48. The summed E-state index contributed by atoms with van der Waals surface area (Å²) >= 11 is 0. The fourth-order valence-electron chi connectivity index (χ4n) is 1.63. The molecule has 0 unspecified atom stereocenters. The van der Waals surface area contributed by atoms with Gasteiger partial charge in [0.2, 0.25) is 0 Å². The molecule has 78 valence electrons. The van der Waals surface area contributed by atoms with Crippen molar-refractivity contribution in [3.05, 3.63) is 24.2 Å². The second-order valence-corrected chi connectivity index (χ2v) is 3.92. The van der Waals surface area contributed by atoms with Crippen LogP contribution in [0.3, 0.4) is 0 Å². The van der Waals surface area contributed by atoms with Crippen LogP contribution in [-0.4, -0.2) is 24.1 Å². The van der Waals surface area contributed by atoms with Crippen molar-refractivity contribution >= 4 is 0 Å². The molecule has 0 radical (unpaired) electrons. The summed E-state index contributed by atoms with van der Waals surface area (Å²) in [6.45, 7) is 3.79. The van der Waals surface area contributed by atoms with Crippen molar-refractivity contribution in [1.29, 1.82) is 0 Å². The van der Waals surface area contributed by atoms with Gasteiger partial charge in [0.25, 0.3) is 0 Å². The summed E-state index contributed by atoms with van der Waals surface area (Å²) in [5.41, 5.74) is -0.840. The standard InChI is InChI=1S/C10H14O4/c1-9(2)13-7-10(6-11,14-9)8-4-3-5-12-8/h3-5,11H,6-7H2,1-2H3/t10-/m0/s1. The molecule has 1 aliphatic heterocycles. The Morgan fingerprint density at radius 3 is 2.71 bits per heavy atom. The number of furan rings is 1. The Bertz CT molecular complexity index is 304. The molecule has 1 aromatic heterocycles. The van der Waals surface area contributed by atoms with Gasteiger partial charge in [-0.1, -0.05) is 0 Å². The Morgan fingerprint density at radius 1 is 1.50 bits per heavy atom. The van der Waals surface area contributed by atoms with Gasteiger partial charge in [-0.2, -0.15) is 0 Å². The Hall–Kier alpha value is -0.840. The van der Waals surface area contributed by atoms with Crippen molar-refractivity contribution in [3.8, 4) is 0 Å². The van der Waals surface area contributed by atoms with Crippen molar-refractivity contribution in [2.24, 2.45) is 0 Å². The molecule has 1 aromatic rings. The van der Waals surface area contributed by atoms with Gasteiger partial charge in [0, 0.05) is 0 Å². The molecule has 1 N–H and O–H groups in total. The summed E-state index contributed by atoms with van der Waals surface area (Å²) in [4.78, 5) is 0. The highest BCUT2D eigenvalue weighted by atomic mass is 16.8. The smallest absolute Gasteiger partial charge is 0.175 e. The van der Waals surface area contributed by atoms with E-state index in [0.29, 0.717) is 12.4 Å². The molecular weight excluding hydrogens is 184 g/mol. The van der Waals surface area contributed by atoms with E-state index < -0.39 is 11.4 Å². The van der Waals surface area contributed by atoms with Crippen LogP contribution in [0.25, 0.3) is 0 Å². The van der Waals surface area contributed by atoms with Gasteiger partial charge in [0.15, 0.2) is 11.4 Å². The maximum absolute atomic E-state index is 9.36. The molecular formula is C10H14O4. The minimum Gasteiger partial charge on any atom is -0.466 e. The largest absolute Gasteiger partial charge is 0.466 e. The fraction of sp³-hybridized carbons (Fsp3) is 0.600. The zero-order valence-corrected chi connectivity index (χ0v) is 8.32. The molecule has 2 rings (SSSR count). The van der Waals surface area contributed by atoms with Crippen LogP contribution >= 0.6 is 0 Å². The Morgan fingerprint density at radius 2 is 2.29 bits per heavy atom. The van der Waals surface area contributed by atoms with Gasteiger partial charge in [0.1, 0.15) is 5.76 Å². The maximum Gasteiger partial charge on any atom is 0.175 e. The molecule has 14 heavy (non-hydrogen) atoms. The first-order valence-electron chi connectivity index (χ1n) is 4.57. The van der Waals surface area contributed by atoms with Gasteiger partial charge in [-0.05, 0) is 26.0 Å². The molecule has 0 amide bonds. The number of hydrogen-bond donors (Lipinski definition) is 1. The van der Waals surface area contributed by atoms with E-state index in [-0.39, 0.29) is 6.61 Å². The van der Waals surface area contributed by atoms with Gasteiger partial charge in [-0.15, -0.1) is 0 Å². The van der Waals surface area contributed by atoms with Gasteiger partial charge < -0.3 is 19.0 Å². The first-order valence-corrected chi connectivity index (χ1v) is 4.57. The second-order valence-electron chi connectivity index (χ2n) is 3.92. The van der Waals surface area contributed by atoms with Crippen molar-refractivity contribution in [2.75, 3.05) is 13.2 Å². The summed E-state index contributed by atoms with van der Waals surface area (Å²) in [7, 11) is 0. The van der Waals surface area contributed by atoms with Crippen LogP contribution in [0.5, 0.6) is 0 Å². The SMILES string of the molecule is CC1(C)OC[C@@](CO)(c2ccco2)O1. The van der Waals surface area contributed by atoms with Crippen LogP contribution in [-0.2, 0) is 15.1 Å². The molecule has 1 atom stereocenters. The summed E-state index contributed by atoms with van der Waals surface area (Å²) in [5.74, 6) is -0.0687. The van der Waals surface area contributed by atoms with Crippen LogP contribution in [0.1, 0.15) is 19.6 Å². The van der Waals surface area contributed by atoms with Crippen LogP contribution in [0.4, 0.5) is 0 Å². The van der Waals surface area contributed by atoms with Gasteiger partial charge in [-0.25, -0.2) is 0 Å². The van der Waals surface area contributed by atoms with E-state index >= 15 is 0 Å². The van der Waals surface area contributed by atoms with Gasteiger partial charge in [0.05, 0.1) is 19.5 Å². The Labute approximate surface area is 82.4 Å². The molecule has 0 aliphatic carbocycles. The number of hydrogen-bond acceptors (Lipinski definition) is 4. The molecule has 1 saturated heterocycles. The minimum atomic E-state index is -0.840. The van der Waals surface area contributed by atoms with Crippen molar-refractivity contribution in [2.45, 2.75) is 25.2 Å². The predicted octanol–water partition coefficient (Wildman–Crippen LogP) is 1.25. The van der Waals surface area contributed by atoms with Crippen LogP contribution in [0.15, 0.2) is 22.8 Å².